The molecule has 15 heavy (non-hydrogen) atoms. The molecule has 0 saturated heterocycles. The highest BCUT2D eigenvalue weighted by Gasteiger charge is 2.23. The van der Waals surface area contributed by atoms with Crippen LogP contribution in [0.3, 0.4) is 0 Å². The van der Waals surface area contributed by atoms with Gasteiger partial charge in [0.05, 0.1) is 6.07 Å². The molecule has 0 fully saturated rings. The third-order valence-corrected chi connectivity index (χ3v) is 1.42. The van der Waals surface area contributed by atoms with Gasteiger partial charge in [0, 0.05) is 6.92 Å². The van der Waals surface area contributed by atoms with Gasteiger partial charge in [0.1, 0.15) is 10.5 Å². The Bertz CT molecular complexity index is 435. The van der Waals surface area contributed by atoms with Crippen LogP contribution in [-0.2, 0) is 4.79 Å². The van der Waals surface area contributed by atoms with Crippen LogP contribution >= 0.6 is 0 Å². The number of carbonyl (C=O) groups is 2. The third kappa shape index (κ3) is 2.30. The Labute approximate surface area is 82.6 Å². The molecule has 0 spiro atoms. The molecule has 2 N–H and O–H groups in total. The number of carboxylic acids is 1. The number of hydrogen-bond donors (Lipinski definition) is 2. The Morgan fingerprint density at radius 3 is 2.60 bits per heavy atom. The van der Waals surface area contributed by atoms with Gasteiger partial charge in [-0.3, -0.25) is 20.2 Å². The van der Waals surface area contributed by atoms with E-state index in [1.54, 1.807) is 0 Å². The van der Waals surface area contributed by atoms with Crippen molar-refractivity contribution in [2.75, 3.05) is 5.32 Å². The van der Waals surface area contributed by atoms with E-state index in [4.69, 9.17) is 5.11 Å². The van der Waals surface area contributed by atoms with Crippen LogP contribution in [0.2, 0.25) is 0 Å². The maximum Gasteiger partial charge on any atom is 0.435 e. The summed E-state index contributed by atoms with van der Waals surface area (Å²) in [5.74, 6) is -3.19. The first-order valence-electron chi connectivity index (χ1n) is 3.71. The van der Waals surface area contributed by atoms with E-state index in [9.17, 15) is 19.7 Å². The van der Waals surface area contributed by atoms with Crippen molar-refractivity contribution < 1.29 is 24.0 Å². The van der Waals surface area contributed by atoms with Gasteiger partial charge >= 0.3 is 11.9 Å². The SMILES string of the molecule is CC(=O)Nc1oc([N+](=O)[O-])cc1C(=O)O. The van der Waals surface area contributed by atoms with Crippen molar-refractivity contribution in [1.29, 1.82) is 0 Å². The fourth-order valence-corrected chi connectivity index (χ4v) is 0.880. The molecule has 0 aliphatic rings. The number of rotatable bonds is 3. The van der Waals surface area contributed by atoms with Gasteiger partial charge in [-0.15, -0.1) is 0 Å². The van der Waals surface area contributed by atoms with Gasteiger partial charge in [-0.25, -0.2) is 4.79 Å². The summed E-state index contributed by atoms with van der Waals surface area (Å²) in [6.07, 6.45) is 0. The van der Waals surface area contributed by atoms with Crippen LogP contribution in [0.15, 0.2) is 10.5 Å². The van der Waals surface area contributed by atoms with Crippen molar-refractivity contribution >= 4 is 23.6 Å². The van der Waals surface area contributed by atoms with Crippen molar-refractivity contribution in [1.82, 2.24) is 0 Å². The van der Waals surface area contributed by atoms with Crippen molar-refractivity contribution in [3.05, 3.63) is 21.7 Å². The van der Waals surface area contributed by atoms with Crippen LogP contribution < -0.4 is 5.32 Å². The van der Waals surface area contributed by atoms with Gasteiger partial charge in [-0.1, -0.05) is 0 Å². The van der Waals surface area contributed by atoms with Crippen molar-refractivity contribution in [3.63, 3.8) is 0 Å². The van der Waals surface area contributed by atoms with Gasteiger partial charge in [0.15, 0.2) is 0 Å². The minimum Gasteiger partial charge on any atom is -0.477 e. The second-order valence-corrected chi connectivity index (χ2v) is 2.57. The lowest BCUT2D eigenvalue weighted by Gasteiger charge is -1.96. The zero-order valence-electron chi connectivity index (χ0n) is 7.51. The van der Waals surface area contributed by atoms with Crippen LogP contribution in [-0.4, -0.2) is 21.9 Å². The summed E-state index contributed by atoms with van der Waals surface area (Å²) in [4.78, 5) is 30.6. The Morgan fingerprint density at radius 1 is 1.60 bits per heavy atom. The number of aromatic carboxylic acids is 1. The fraction of sp³-hybridized carbons (Fsp3) is 0.143. The Morgan fingerprint density at radius 2 is 2.20 bits per heavy atom. The van der Waals surface area contributed by atoms with E-state index in [2.05, 4.69) is 4.42 Å². The Balaban J connectivity index is 3.17. The summed E-state index contributed by atoms with van der Waals surface area (Å²) < 4.78 is 4.54. The second kappa shape index (κ2) is 3.78. The molecule has 1 rings (SSSR count). The summed E-state index contributed by atoms with van der Waals surface area (Å²) >= 11 is 0. The number of carbonyl (C=O) groups excluding carboxylic acids is 1. The molecule has 0 atom stereocenters. The van der Waals surface area contributed by atoms with Crippen LogP contribution in [0.5, 0.6) is 0 Å². The number of carboxylic acid groups (broad SMARTS) is 1. The fourth-order valence-electron chi connectivity index (χ4n) is 0.880. The normalized spacial score (nSPS) is 9.67. The van der Waals surface area contributed by atoms with Crippen LogP contribution in [0.25, 0.3) is 0 Å². The maximum atomic E-state index is 10.6. The summed E-state index contributed by atoms with van der Waals surface area (Å²) in [7, 11) is 0. The van der Waals surface area contributed by atoms with Crippen LogP contribution in [0.1, 0.15) is 17.3 Å². The highest BCUT2D eigenvalue weighted by molar-refractivity contribution is 5.98. The van der Waals surface area contributed by atoms with E-state index < -0.39 is 34.1 Å². The predicted molar refractivity (Wildman–Crippen MR) is 46.6 cm³/mol. The first-order valence-corrected chi connectivity index (χ1v) is 3.71. The molecule has 1 heterocycles. The second-order valence-electron chi connectivity index (χ2n) is 2.57. The topological polar surface area (TPSA) is 123 Å². The largest absolute Gasteiger partial charge is 0.477 e. The predicted octanol–water partition coefficient (Wildman–Crippen LogP) is 0.844. The lowest BCUT2D eigenvalue weighted by molar-refractivity contribution is -0.401. The standard InChI is InChI=1S/C7H6N2O6/c1-3(10)8-6-4(7(11)12)2-5(15-6)9(13)14/h2H,1H3,(H,8,10)(H,11,12). The van der Waals surface area contributed by atoms with Gasteiger partial charge < -0.3 is 9.52 Å². The van der Waals surface area contributed by atoms with E-state index in [0.29, 0.717) is 0 Å². The van der Waals surface area contributed by atoms with Gasteiger partial charge in [0.2, 0.25) is 11.8 Å². The molecular weight excluding hydrogens is 208 g/mol. The molecule has 8 heteroatoms. The van der Waals surface area contributed by atoms with E-state index >= 15 is 0 Å². The zero-order valence-corrected chi connectivity index (χ0v) is 7.51. The molecule has 1 aromatic heterocycles. The lowest BCUT2D eigenvalue weighted by Crippen LogP contribution is -2.08. The molecule has 1 amide bonds. The number of anilines is 1. The highest BCUT2D eigenvalue weighted by atomic mass is 16.6. The van der Waals surface area contributed by atoms with Gasteiger partial charge in [-0.05, 0) is 0 Å². The Kier molecular flexibility index (Phi) is 2.70. The molecule has 0 saturated carbocycles. The molecule has 0 aromatic carbocycles. The monoisotopic (exact) mass is 214 g/mol. The Hall–Kier alpha value is -2.38. The molecule has 0 unspecified atom stereocenters. The summed E-state index contributed by atoms with van der Waals surface area (Å²) in [6, 6.07) is 0.730. The average molecular weight is 214 g/mol. The van der Waals surface area contributed by atoms with Gasteiger partial charge in [0.25, 0.3) is 0 Å². The maximum absolute atomic E-state index is 10.6. The molecular formula is C7H6N2O6. The third-order valence-electron chi connectivity index (χ3n) is 1.42. The number of amides is 1. The lowest BCUT2D eigenvalue weighted by atomic mass is 10.3. The van der Waals surface area contributed by atoms with Crippen LogP contribution in [0, 0.1) is 10.1 Å². The first-order chi connectivity index (χ1) is 6.91. The first kappa shape index (κ1) is 10.7. The molecule has 8 nitrogen and oxygen atoms in total. The van der Waals surface area contributed by atoms with Crippen LogP contribution in [0.4, 0.5) is 11.8 Å². The molecule has 0 aliphatic carbocycles. The van der Waals surface area contributed by atoms with E-state index in [0.717, 1.165) is 13.0 Å². The molecule has 80 valence electrons. The summed E-state index contributed by atoms with van der Waals surface area (Å²) in [5, 5.41) is 21.0. The minimum absolute atomic E-state index is 0.443. The number of nitrogens with zero attached hydrogens (tertiary/aromatic N) is 1. The number of furan rings is 1. The molecule has 1 aromatic rings. The van der Waals surface area contributed by atoms with Crippen molar-refractivity contribution in [3.8, 4) is 0 Å². The number of nitrogens with one attached hydrogen (secondary N) is 1. The van der Waals surface area contributed by atoms with E-state index in [1.165, 1.54) is 0 Å². The smallest absolute Gasteiger partial charge is 0.435 e. The summed E-state index contributed by atoms with van der Waals surface area (Å²) in [6.45, 7) is 1.12. The van der Waals surface area contributed by atoms with Crippen molar-refractivity contribution in [2.45, 2.75) is 6.92 Å². The van der Waals surface area contributed by atoms with Gasteiger partial charge in [-0.2, -0.15) is 0 Å². The number of hydrogen-bond acceptors (Lipinski definition) is 5. The quantitative estimate of drug-likeness (QED) is 0.567. The average Bonchev–Trinajstić information content (AvgIpc) is 2.46. The molecule has 0 bridgehead atoms. The zero-order chi connectivity index (χ0) is 11.6. The molecule has 0 radical (unpaired) electrons. The van der Waals surface area contributed by atoms with Crippen molar-refractivity contribution in [2.24, 2.45) is 0 Å². The minimum atomic E-state index is -1.42. The van der Waals surface area contributed by atoms with E-state index in [-0.39, 0.29) is 0 Å². The number of nitro groups is 1. The molecule has 0 aliphatic heterocycles. The van der Waals surface area contributed by atoms with E-state index in [1.807, 2.05) is 5.32 Å². The summed E-state index contributed by atoms with van der Waals surface area (Å²) in [5.41, 5.74) is -0.461. The highest BCUT2D eigenvalue weighted by Crippen LogP contribution is 2.26.